The Morgan fingerprint density at radius 1 is 0.286 bits per heavy atom. The minimum Gasteiger partial charge on any atom is -0.502 e. The van der Waals surface area contributed by atoms with E-state index in [4.69, 9.17) is 66.3 Å². The number of ether oxygens (including phenoxy) is 14. The molecule has 0 aliphatic heterocycles. The first kappa shape index (κ1) is 70.5. The van der Waals surface area contributed by atoms with Crippen molar-refractivity contribution in [1.29, 1.82) is 0 Å². The molecule has 22 nitrogen and oxygen atoms in total. The highest BCUT2D eigenvalue weighted by molar-refractivity contribution is 5.89. The van der Waals surface area contributed by atoms with Crippen LogP contribution in [0.15, 0.2) is 114 Å². The van der Waals surface area contributed by atoms with E-state index in [9.17, 15) is 38.4 Å². The van der Waals surface area contributed by atoms with Crippen molar-refractivity contribution in [3.8, 4) is 0 Å². The van der Waals surface area contributed by atoms with Crippen molar-refractivity contribution < 1.29 is 105 Å². The number of hydrogen-bond acceptors (Lipinski definition) is 22. The monoisotopic (exact) mass is 1180 g/mol. The summed E-state index contributed by atoms with van der Waals surface area (Å²) in [5.74, 6) is -9.36. The summed E-state index contributed by atoms with van der Waals surface area (Å²) in [6.45, 7) is 29.2. The molecule has 0 bridgehead atoms. The zero-order valence-electron chi connectivity index (χ0n) is 48.4. The van der Waals surface area contributed by atoms with Crippen LogP contribution in [0.4, 0.5) is 0 Å². The summed E-state index contributed by atoms with van der Waals surface area (Å²) in [7, 11) is 0. The van der Waals surface area contributed by atoms with Crippen molar-refractivity contribution in [1.82, 2.24) is 0 Å². The summed E-state index contributed by atoms with van der Waals surface area (Å²) in [6.07, 6.45) is 13.8. The van der Waals surface area contributed by atoms with Crippen LogP contribution < -0.4 is 0 Å². The van der Waals surface area contributed by atoms with E-state index < -0.39 is 83.2 Å². The number of esters is 6. The van der Waals surface area contributed by atoms with Crippen LogP contribution in [0, 0.1) is 59.2 Å². The normalized spacial score (nSPS) is 22.8. The number of rotatable bonds is 42. The fraction of sp³-hybridized carbons (Fsp3) is 0.581. The number of Topliss-reactive ketones (excluding diaryl/α,β-unsaturated/α-hetero) is 2. The SMILES string of the molecule is C=COCCCC(=O)C1CC2=C(CC1C(=O)OCCOC=C)CC(C(=O)OCCOC=C)C(C(=O)OCCOC=C)C2.C=COCCCC(=O)C1CC2CC(C(=O)OCCOC=C)C(C(=O)OCCOC=C)CC2CC1C(=O)OCCOC=C. The maximum atomic E-state index is 13.4. The van der Waals surface area contributed by atoms with E-state index in [0.29, 0.717) is 51.7 Å². The van der Waals surface area contributed by atoms with Gasteiger partial charge in [0.2, 0.25) is 0 Å². The lowest BCUT2D eigenvalue weighted by Gasteiger charge is -2.46. The second-order valence-electron chi connectivity index (χ2n) is 19.8. The van der Waals surface area contributed by atoms with Crippen LogP contribution in [-0.2, 0) is 105 Å². The predicted molar refractivity (Wildman–Crippen MR) is 302 cm³/mol. The molecule has 4 aliphatic carbocycles. The molecule has 10 atom stereocenters. The maximum absolute atomic E-state index is 13.4. The summed E-state index contributed by atoms with van der Waals surface area (Å²) in [4.78, 5) is 106. The van der Waals surface area contributed by atoms with Gasteiger partial charge in [0.05, 0.1) is 98.8 Å². The van der Waals surface area contributed by atoms with Gasteiger partial charge < -0.3 is 66.3 Å². The zero-order chi connectivity index (χ0) is 61.5. The van der Waals surface area contributed by atoms with Gasteiger partial charge in [-0.15, -0.1) is 0 Å². The average Bonchev–Trinajstić information content (AvgIpc) is 3.67. The van der Waals surface area contributed by atoms with Gasteiger partial charge in [-0.25, -0.2) is 0 Å². The van der Waals surface area contributed by atoms with Crippen LogP contribution in [0.2, 0.25) is 0 Å². The number of carbonyl (C=O) groups is 8. The van der Waals surface area contributed by atoms with Crippen LogP contribution in [-0.4, -0.2) is 140 Å². The first-order chi connectivity index (χ1) is 40.7. The molecule has 0 N–H and O–H groups in total. The van der Waals surface area contributed by atoms with Gasteiger partial charge in [-0.2, -0.15) is 0 Å². The van der Waals surface area contributed by atoms with E-state index in [1.807, 2.05) is 0 Å². The summed E-state index contributed by atoms with van der Waals surface area (Å²) in [5.41, 5.74) is 1.72. The Labute approximate surface area is 493 Å². The Morgan fingerprint density at radius 3 is 0.786 bits per heavy atom. The van der Waals surface area contributed by atoms with E-state index >= 15 is 0 Å². The van der Waals surface area contributed by atoms with Gasteiger partial charge >= 0.3 is 35.8 Å². The minimum atomic E-state index is -0.832. The summed E-state index contributed by atoms with van der Waals surface area (Å²) >= 11 is 0. The van der Waals surface area contributed by atoms with Gasteiger partial charge in [0, 0.05) is 24.7 Å². The molecule has 0 radical (unpaired) electrons. The third-order valence-electron chi connectivity index (χ3n) is 14.8. The lowest BCUT2D eigenvalue weighted by Crippen LogP contribution is -2.48. The quantitative estimate of drug-likeness (QED) is 0.0185. The molecule has 84 heavy (non-hydrogen) atoms. The van der Waals surface area contributed by atoms with Crippen molar-refractivity contribution in [3.05, 3.63) is 114 Å². The molecule has 0 aromatic heterocycles. The first-order valence-electron chi connectivity index (χ1n) is 28.3. The van der Waals surface area contributed by atoms with Crippen molar-refractivity contribution >= 4 is 47.4 Å². The Hall–Kier alpha value is -7.78. The highest BCUT2D eigenvalue weighted by Crippen LogP contribution is 2.51. The molecule has 466 valence electrons. The second-order valence-corrected chi connectivity index (χ2v) is 19.8. The third kappa shape index (κ3) is 24.2. The number of fused-ring (bicyclic) bond motifs is 1. The molecule has 4 aliphatic rings. The number of hydrogen-bond donors (Lipinski definition) is 0. The summed E-state index contributed by atoms with van der Waals surface area (Å²) < 4.78 is 73.0. The molecule has 0 amide bonds. The fourth-order valence-corrected chi connectivity index (χ4v) is 11.0. The predicted octanol–water partition coefficient (Wildman–Crippen LogP) is 7.85. The molecule has 0 aromatic rings. The van der Waals surface area contributed by atoms with Gasteiger partial charge in [-0.05, 0) is 76.0 Å². The van der Waals surface area contributed by atoms with Crippen molar-refractivity contribution in [2.45, 2.75) is 77.0 Å². The van der Waals surface area contributed by atoms with Crippen molar-refractivity contribution in [2.24, 2.45) is 59.2 Å². The van der Waals surface area contributed by atoms with Crippen LogP contribution in [0.25, 0.3) is 0 Å². The molecule has 4 rings (SSSR count). The zero-order valence-corrected chi connectivity index (χ0v) is 48.4. The molecule has 22 heteroatoms. The Balaban J connectivity index is 0.000000440. The van der Waals surface area contributed by atoms with Gasteiger partial charge in [-0.3, -0.25) is 38.4 Å². The highest BCUT2D eigenvalue weighted by Gasteiger charge is 2.52. The Kier molecular flexibility index (Phi) is 34.6. The molecule has 2 fully saturated rings. The van der Waals surface area contributed by atoms with Gasteiger partial charge in [-0.1, -0.05) is 63.8 Å². The molecule has 0 aromatic carbocycles. The lowest BCUT2D eigenvalue weighted by molar-refractivity contribution is -0.170. The number of ketones is 2. The second kappa shape index (κ2) is 41.3. The van der Waals surface area contributed by atoms with Crippen LogP contribution >= 0.6 is 0 Å². The third-order valence-corrected chi connectivity index (χ3v) is 14.8. The largest absolute Gasteiger partial charge is 0.502 e. The smallest absolute Gasteiger partial charge is 0.310 e. The topological polar surface area (TPSA) is 266 Å². The van der Waals surface area contributed by atoms with E-state index in [2.05, 4.69) is 52.6 Å². The van der Waals surface area contributed by atoms with E-state index in [-0.39, 0.29) is 141 Å². The number of allylic oxidation sites excluding steroid dienone is 2. The van der Waals surface area contributed by atoms with Crippen LogP contribution in [0.5, 0.6) is 0 Å². The maximum Gasteiger partial charge on any atom is 0.310 e. The molecule has 2 saturated carbocycles. The Bertz CT molecular complexity index is 1930. The van der Waals surface area contributed by atoms with Gasteiger partial charge in [0.25, 0.3) is 0 Å². The average molecular weight is 1180 g/mol. The lowest BCUT2D eigenvalue weighted by atomic mass is 9.58. The van der Waals surface area contributed by atoms with E-state index in [0.717, 1.165) is 11.1 Å². The number of carbonyl (C=O) groups excluding carboxylic acids is 8. The Morgan fingerprint density at radius 2 is 0.500 bits per heavy atom. The van der Waals surface area contributed by atoms with Gasteiger partial charge in [0.15, 0.2) is 0 Å². The molecular weight excluding hydrogens is 1100 g/mol. The van der Waals surface area contributed by atoms with E-state index in [1.54, 1.807) is 0 Å². The molecule has 0 heterocycles. The first-order valence-corrected chi connectivity index (χ1v) is 28.3. The fourth-order valence-electron chi connectivity index (χ4n) is 11.0. The molecular formula is C62H86O22. The standard InChI is InChI=1S/C31H44O11.C31H42O11/c2*1-5-36-11-9-10-28(32)24-18-22-20-26(30(34)41-16-13-38-7-3)27(31(35)42-17-14-39-8-4)21-23(22)19-25(24)29(33)40-15-12-37-6-2/h5-8,22-27H,1-4,9-21H2;5-8,24-27H,1-4,9-21H2. The summed E-state index contributed by atoms with van der Waals surface area (Å²) in [6, 6.07) is 0. The molecule has 0 saturated heterocycles. The molecule has 0 spiro atoms. The van der Waals surface area contributed by atoms with E-state index in [1.165, 1.54) is 50.1 Å². The summed E-state index contributed by atoms with van der Waals surface area (Å²) in [5, 5.41) is 0. The van der Waals surface area contributed by atoms with Crippen LogP contribution in [0.1, 0.15) is 77.0 Å². The van der Waals surface area contributed by atoms with Gasteiger partial charge in [0.1, 0.15) is 90.8 Å². The van der Waals surface area contributed by atoms with Crippen molar-refractivity contribution in [3.63, 3.8) is 0 Å². The van der Waals surface area contributed by atoms with Crippen LogP contribution in [0.3, 0.4) is 0 Å². The molecule has 10 unspecified atom stereocenters. The van der Waals surface area contributed by atoms with Crippen molar-refractivity contribution in [2.75, 3.05) is 92.5 Å². The highest BCUT2D eigenvalue weighted by atomic mass is 16.6. The minimum absolute atomic E-state index is 0.00172.